The Labute approximate surface area is 142 Å². The number of nitrogens with zero attached hydrogens (tertiary/aromatic N) is 5. The second-order valence-electron chi connectivity index (χ2n) is 6.22. The number of rotatable bonds is 3. The summed E-state index contributed by atoms with van der Waals surface area (Å²) in [5.74, 6) is 1.00. The second-order valence-corrected chi connectivity index (χ2v) is 6.22. The molecule has 0 fully saturated rings. The molecule has 3 rings (SSSR count). The van der Waals surface area contributed by atoms with E-state index in [0.717, 1.165) is 18.2 Å². The van der Waals surface area contributed by atoms with E-state index >= 15 is 0 Å². The molecule has 0 aliphatic carbocycles. The van der Waals surface area contributed by atoms with E-state index in [4.69, 9.17) is 0 Å². The molecular formula is C16H17F3N6. The van der Waals surface area contributed by atoms with Gasteiger partial charge in [0.1, 0.15) is 17.5 Å². The van der Waals surface area contributed by atoms with Crippen LogP contribution in [0.5, 0.6) is 0 Å². The number of fused-ring (bicyclic) bond motifs is 1. The van der Waals surface area contributed by atoms with Crippen molar-refractivity contribution in [3.05, 3.63) is 34.5 Å². The van der Waals surface area contributed by atoms with Crippen LogP contribution in [0.1, 0.15) is 34.8 Å². The number of nitrogens with one attached hydrogen (secondary N) is 1. The van der Waals surface area contributed by atoms with E-state index in [2.05, 4.69) is 26.6 Å². The number of anilines is 1. The standard InChI is InChI=1S/C16H17F3N6/c1-9-10(2)23-24-15(12(9)5-20)21-6-11-3-4-14-22-13(16(17,18)19)8-25(14)7-11/h8,11H,3-4,6-7H2,1-2H3,(H,21,24). The molecule has 0 spiro atoms. The first-order valence-corrected chi connectivity index (χ1v) is 7.90. The van der Waals surface area contributed by atoms with Gasteiger partial charge in [-0.15, -0.1) is 5.10 Å². The minimum atomic E-state index is -4.42. The maximum Gasteiger partial charge on any atom is 0.434 e. The summed E-state index contributed by atoms with van der Waals surface area (Å²) >= 11 is 0. The predicted molar refractivity (Wildman–Crippen MR) is 83.8 cm³/mol. The van der Waals surface area contributed by atoms with E-state index in [9.17, 15) is 18.4 Å². The minimum absolute atomic E-state index is 0.123. The van der Waals surface area contributed by atoms with Gasteiger partial charge >= 0.3 is 6.18 Å². The van der Waals surface area contributed by atoms with Crippen molar-refractivity contribution in [2.45, 2.75) is 39.4 Å². The maximum atomic E-state index is 12.8. The molecular weight excluding hydrogens is 333 g/mol. The van der Waals surface area contributed by atoms with Crippen molar-refractivity contribution in [1.82, 2.24) is 19.7 Å². The van der Waals surface area contributed by atoms with Crippen molar-refractivity contribution in [1.29, 1.82) is 5.26 Å². The molecule has 0 saturated heterocycles. The molecule has 1 N–H and O–H groups in total. The summed E-state index contributed by atoms with van der Waals surface area (Å²) in [7, 11) is 0. The molecule has 0 radical (unpaired) electrons. The summed E-state index contributed by atoms with van der Waals surface area (Å²) in [6, 6.07) is 2.12. The lowest BCUT2D eigenvalue weighted by Crippen LogP contribution is -2.26. The highest BCUT2D eigenvalue weighted by Gasteiger charge is 2.35. The number of hydrogen-bond donors (Lipinski definition) is 1. The zero-order valence-electron chi connectivity index (χ0n) is 13.9. The van der Waals surface area contributed by atoms with Crippen LogP contribution in [-0.4, -0.2) is 26.3 Å². The van der Waals surface area contributed by atoms with Crippen molar-refractivity contribution >= 4 is 5.82 Å². The van der Waals surface area contributed by atoms with Crippen molar-refractivity contribution in [3.63, 3.8) is 0 Å². The van der Waals surface area contributed by atoms with Crippen molar-refractivity contribution in [3.8, 4) is 6.07 Å². The molecule has 1 aliphatic rings. The fourth-order valence-corrected chi connectivity index (χ4v) is 2.93. The highest BCUT2D eigenvalue weighted by Crippen LogP contribution is 2.30. The molecule has 0 saturated carbocycles. The summed E-state index contributed by atoms with van der Waals surface area (Å²) in [4.78, 5) is 3.68. The van der Waals surface area contributed by atoms with Gasteiger partial charge in [0.15, 0.2) is 11.5 Å². The summed E-state index contributed by atoms with van der Waals surface area (Å²) in [5, 5.41) is 20.4. The SMILES string of the molecule is Cc1nnc(NCC2CCc3nc(C(F)(F)F)cn3C2)c(C#N)c1C. The molecule has 0 amide bonds. The number of hydrogen-bond acceptors (Lipinski definition) is 5. The minimum Gasteiger partial charge on any atom is -0.367 e. The topological polar surface area (TPSA) is 79.4 Å². The summed E-state index contributed by atoms with van der Waals surface area (Å²) in [6.45, 7) is 4.55. The average molecular weight is 350 g/mol. The van der Waals surface area contributed by atoms with Gasteiger partial charge in [0, 0.05) is 25.7 Å². The zero-order valence-corrected chi connectivity index (χ0v) is 13.9. The van der Waals surface area contributed by atoms with Crippen LogP contribution in [0.4, 0.5) is 19.0 Å². The Hall–Kier alpha value is -2.63. The first-order valence-electron chi connectivity index (χ1n) is 7.90. The molecule has 0 aromatic carbocycles. The molecule has 1 atom stereocenters. The van der Waals surface area contributed by atoms with Crippen LogP contribution < -0.4 is 5.32 Å². The number of alkyl halides is 3. The molecule has 1 unspecified atom stereocenters. The Morgan fingerprint density at radius 2 is 2.12 bits per heavy atom. The third-order valence-electron chi connectivity index (χ3n) is 4.51. The van der Waals surface area contributed by atoms with E-state index in [1.54, 1.807) is 11.5 Å². The third-order valence-corrected chi connectivity index (χ3v) is 4.51. The van der Waals surface area contributed by atoms with Crippen LogP contribution in [0.3, 0.4) is 0 Å². The number of aromatic nitrogens is 4. The smallest absolute Gasteiger partial charge is 0.367 e. The third kappa shape index (κ3) is 3.43. The molecule has 25 heavy (non-hydrogen) atoms. The first kappa shape index (κ1) is 17.2. The van der Waals surface area contributed by atoms with Gasteiger partial charge in [-0.3, -0.25) is 0 Å². The Morgan fingerprint density at radius 3 is 2.80 bits per heavy atom. The molecule has 3 heterocycles. The molecule has 2 aromatic heterocycles. The molecule has 9 heteroatoms. The van der Waals surface area contributed by atoms with Gasteiger partial charge in [0.05, 0.1) is 5.69 Å². The first-order chi connectivity index (χ1) is 11.8. The van der Waals surface area contributed by atoms with E-state index in [0.29, 0.717) is 42.4 Å². The Morgan fingerprint density at radius 1 is 1.36 bits per heavy atom. The number of aryl methyl sites for hydroxylation is 2. The summed E-state index contributed by atoms with van der Waals surface area (Å²) in [6.07, 6.45) is -2.14. The lowest BCUT2D eigenvalue weighted by atomic mass is 9.99. The van der Waals surface area contributed by atoms with Crippen LogP contribution in [0.15, 0.2) is 6.20 Å². The average Bonchev–Trinajstić information content (AvgIpc) is 2.99. The molecule has 6 nitrogen and oxygen atoms in total. The lowest BCUT2D eigenvalue weighted by molar-refractivity contribution is -0.141. The van der Waals surface area contributed by atoms with Gasteiger partial charge in [-0.25, -0.2) is 4.98 Å². The highest BCUT2D eigenvalue weighted by molar-refractivity contribution is 5.55. The van der Waals surface area contributed by atoms with Crippen LogP contribution in [0.25, 0.3) is 0 Å². The maximum absolute atomic E-state index is 12.8. The van der Waals surface area contributed by atoms with Crippen LogP contribution in [0, 0.1) is 31.1 Å². The highest BCUT2D eigenvalue weighted by atomic mass is 19.4. The number of imidazole rings is 1. The van der Waals surface area contributed by atoms with Crippen molar-refractivity contribution in [2.75, 3.05) is 11.9 Å². The van der Waals surface area contributed by atoms with E-state index in [1.807, 2.05) is 6.92 Å². The Bertz CT molecular complexity index is 834. The largest absolute Gasteiger partial charge is 0.434 e. The van der Waals surface area contributed by atoms with E-state index < -0.39 is 11.9 Å². The molecule has 1 aliphatic heterocycles. The van der Waals surface area contributed by atoms with Gasteiger partial charge in [-0.2, -0.15) is 23.5 Å². The van der Waals surface area contributed by atoms with E-state index in [1.165, 1.54) is 0 Å². The fourth-order valence-electron chi connectivity index (χ4n) is 2.93. The van der Waals surface area contributed by atoms with Gasteiger partial charge in [0.25, 0.3) is 0 Å². The molecule has 132 valence electrons. The van der Waals surface area contributed by atoms with Gasteiger partial charge in [0.2, 0.25) is 0 Å². The quantitative estimate of drug-likeness (QED) is 0.921. The second kappa shape index (κ2) is 6.35. The monoisotopic (exact) mass is 350 g/mol. The summed E-state index contributed by atoms with van der Waals surface area (Å²) in [5.41, 5.74) is 1.08. The van der Waals surface area contributed by atoms with Gasteiger partial charge in [-0.05, 0) is 31.7 Å². The molecule has 2 aromatic rings. The Balaban J connectivity index is 1.70. The van der Waals surface area contributed by atoms with Crippen LogP contribution in [0.2, 0.25) is 0 Å². The Kier molecular flexibility index (Phi) is 4.37. The van der Waals surface area contributed by atoms with Crippen molar-refractivity contribution in [2.24, 2.45) is 5.92 Å². The number of halogens is 3. The predicted octanol–water partition coefficient (Wildman–Crippen LogP) is 2.85. The summed E-state index contributed by atoms with van der Waals surface area (Å²) < 4.78 is 39.8. The molecule has 0 bridgehead atoms. The fraction of sp³-hybridized carbons (Fsp3) is 0.500. The lowest BCUT2D eigenvalue weighted by Gasteiger charge is -2.24. The zero-order chi connectivity index (χ0) is 18.2. The van der Waals surface area contributed by atoms with Crippen LogP contribution in [-0.2, 0) is 19.1 Å². The van der Waals surface area contributed by atoms with Gasteiger partial charge in [-0.1, -0.05) is 0 Å². The number of nitriles is 1. The van der Waals surface area contributed by atoms with Crippen molar-refractivity contribution < 1.29 is 13.2 Å². The normalized spacial score (nSPS) is 17.0. The van der Waals surface area contributed by atoms with E-state index in [-0.39, 0.29) is 5.92 Å². The van der Waals surface area contributed by atoms with Crippen LogP contribution >= 0.6 is 0 Å². The van der Waals surface area contributed by atoms with Gasteiger partial charge < -0.3 is 9.88 Å².